The molecule has 6 heterocycles. The summed E-state index contributed by atoms with van der Waals surface area (Å²) in [5, 5.41) is 0. The summed E-state index contributed by atoms with van der Waals surface area (Å²) in [6.07, 6.45) is 0. The van der Waals surface area contributed by atoms with Gasteiger partial charge in [-0.15, -0.1) is 0 Å². The Balaban J connectivity index is 1.04. The second-order valence-corrected chi connectivity index (χ2v) is 17.4. The summed E-state index contributed by atoms with van der Waals surface area (Å²) < 4.78 is 4.55. The molecule has 2 aliphatic heterocycles. The SMILES string of the molecule is Cc1c(C(C(=O)C(c2sc3nc4ccccc4n3c2C)N2CCN(Cc3ccccc3)CC2)N2CCN(Cc3ccccc3)CC2)sc2nc3ccccc3n12. The first-order chi connectivity index (χ1) is 27.5. The van der Waals surface area contributed by atoms with Crippen molar-refractivity contribution in [1.82, 2.24) is 38.4 Å². The Morgan fingerprint density at radius 1 is 0.536 bits per heavy atom. The van der Waals surface area contributed by atoms with Gasteiger partial charge in [-0.1, -0.05) is 108 Å². The number of para-hydroxylation sites is 4. The molecular formula is C45H46N8OS2. The molecule has 2 fully saturated rings. The topological polar surface area (TPSA) is 64.6 Å². The number of imidazole rings is 2. The fraction of sp³-hybridized carbons (Fsp3) is 0.311. The van der Waals surface area contributed by atoms with Gasteiger partial charge in [0.25, 0.3) is 0 Å². The zero-order valence-corrected chi connectivity index (χ0v) is 33.6. The molecule has 2 unspecified atom stereocenters. The van der Waals surface area contributed by atoms with Gasteiger partial charge in [0.15, 0.2) is 15.7 Å². The Morgan fingerprint density at radius 2 is 0.911 bits per heavy atom. The van der Waals surface area contributed by atoms with Gasteiger partial charge in [0.1, 0.15) is 12.1 Å². The molecule has 4 aromatic heterocycles. The molecule has 56 heavy (non-hydrogen) atoms. The Hall–Kier alpha value is -4.75. The van der Waals surface area contributed by atoms with E-state index in [0.29, 0.717) is 0 Å². The number of thiazole rings is 2. The van der Waals surface area contributed by atoms with E-state index >= 15 is 4.79 Å². The van der Waals surface area contributed by atoms with E-state index in [4.69, 9.17) is 9.97 Å². The number of hydrogen-bond donors (Lipinski definition) is 0. The highest BCUT2D eigenvalue weighted by molar-refractivity contribution is 7.18. The van der Waals surface area contributed by atoms with Crippen molar-refractivity contribution >= 4 is 60.4 Å². The van der Waals surface area contributed by atoms with Gasteiger partial charge in [0.05, 0.1) is 31.8 Å². The molecule has 11 heteroatoms. The minimum atomic E-state index is -0.405. The molecule has 2 aliphatic rings. The monoisotopic (exact) mass is 778 g/mol. The number of aryl methyl sites for hydroxylation is 2. The summed E-state index contributed by atoms with van der Waals surface area (Å²) >= 11 is 3.38. The molecule has 0 radical (unpaired) electrons. The molecule has 0 spiro atoms. The summed E-state index contributed by atoms with van der Waals surface area (Å²) in [7, 11) is 0. The highest BCUT2D eigenvalue weighted by Crippen LogP contribution is 2.42. The Labute approximate surface area is 335 Å². The van der Waals surface area contributed by atoms with E-state index in [1.54, 1.807) is 22.7 Å². The molecule has 0 amide bonds. The van der Waals surface area contributed by atoms with Crippen molar-refractivity contribution < 1.29 is 4.79 Å². The summed E-state index contributed by atoms with van der Waals surface area (Å²) in [6, 6.07) is 37.4. The van der Waals surface area contributed by atoms with E-state index in [-0.39, 0.29) is 5.78 Å². The van der Waals surface area contributed by atoms with Gasteiger partial charge in [0, 0.05) is 76.8 Å². The molecule has 284 valence electrons. The third-order valence-electron chi connectivity index (χ3n) is 11.9. The summed E-state index contributed by atoms with van der Waals surface area (Å²) in [6.45, 7) is 13.1. The predicted octanol–water partition coefficient (Wildman–Crippen LogP) is 8.02. The zero-order chi connectivity index (χ0) is 37.8. The van der Waals surface area contributed by atoms with Crippen LogP contribution in [0.25, 0.3) is 32.0 Å². The average Bonchev–Trinajstić information content (AvgIpc) is 3.96. The number of carbonyl (C=O) groups excluding carboxylic acids is 1. The third-order valence-corrected chi connectivity index (χ3v) is 14.3. The number of piperazine rings is 2. The van der Waals surface area contributed by atoms with Crippen LogP contribution in [0.2, 0.25) is 0 Å². The van der Waals surface area contributed by atoms with Crippen molar-refractivity contribution in [3.63, 3.8) is 0 Å². The van der Waals surface area contributed by atoms with Crippen molar-refractivity contribution in [2.45, 2.75) is 39.0 Å². The van der Waals surface area contributed by atoms with Crippen LogP contribution in [-0.4, -0.2) is 96.5 Å². The van der Waals surface area contributed by atoms with E-state index in [2.05, 4.69) is 139 Å². The minimum Gasteiger partial charge on any atom is -0.297 e. The second kappa shape index (κ2) is 15.0. The summed E-state index contributed by atoms with van der Waals surface area (Å²) in [5.74, 6) is 0.256. The lowest BCUT2D eigenvalue weighted by molar-refractivity contribution is -0.131. The number of hydrogen-bond acceptors (Lipinski definition) is 9. The van der Waals surface area contributed by atoms with Crippen molar-refractivity contribution in [3.8, 4) is 0 Å². The molecule has 0 aliphatic carbocycles. The Kier molecular flexibility index (Phi) is 9.53. The van der Waals surface area contributed by atoms with Crippen LogP contribution < -0.4 is 0 Å². The van der Waals surface area contributed by atoms with E-state index in [1.165, 1.54) is 11.1 Å². The highest BCUT2D eigenvalue weighted by atomic mass is 32.1. The number of benzene rings is 4. The maximum atomic E-state index is 16.1. The maximum absolute atomic E-state index is 16.1. The highest BCUT2D eigenvalue weighted by Gasteiger charge is 2.42. The molecule has 9 nitrogen and oxygen atoms in total. The van der Waals surface area contributed by atoms with E-state index in [1.807, 2.05) is 12.1 Å². The van der Waals surface area contributed by atoms with Crippen LogP contribution in [0.1, 0.15) is 44.4 Å². The first kappa shape index (κ1) is 35.6. The minimum absolute atomic E-state index is 0.256. The largest absolute Gasteiger partial charge is 0.297 e. The van der Waals surface area contributed by atoms with Crippen molar-refractivity contribution in [3.05, 3.63) is 141 Å². The van der Waals surface area contributed by atoms with Crippen LogP contribution in [0.4, 0.5) is 0 Å². The van der Waals surface area contributed by atoms with Gasteiger partial charge >= 0.3 is 0 Å². The molecule has 10 rings (SSSR count). The number of fused-ring (bicyclic) bond motifs is 6. The van der Waals surface area contributed by atoms with Gasteiger partial charge in [-0.3, -0.25) is 33.2 Å². The smallest absolute Gasteiger partial charge is 0.195 e. The molecule has 0 saturated carbocycles. The number of nitrogens with zero attached hydrogens (tertiary/aromatic N) is 8. The predicted molar refractivity (Wildman–Crippen MR) is 228 cm³/mol. The number of rotatable bonds is 10. The van der Waals surface area contributed by atoms with Crippen LogP contribution in [0.3, 0.4) is 0 Å². The average molecular weight is 779 g/mol. The maximum Gasteiger partial charge on any atom is 0.195 e. The van der Waals surface area contributed by atoms with Gasteiger partial charge in [-0.2, -0.15) is 0 Å². The van der Waals surface area contributed by atoms with Crippen molar-refractivity contribution in [2.75, 3.05) is 52.4 Å². The number of Topliss-reactive ketones (excluding diaryl/α,β-unsaturated/α-hetero) is 1. The number of ketones is 1. The van der Waals surface area contributed by atoms with Crippen LogP contribution in [0, 0.1) is 13.8 Å². The first-order valence-electron chi connectivity index (χ1n) is 19.8. The summed E-state index contributed by atoms with van der Waals surface area (Å²) in [4.78, 5) is 40.3. The Bertz CT molecular complexity index is 2460. The number of carbonyl (C=O) groups is 1. The Morgan fingerprint density at radius 3 is 1.32 bits per heavy atom. The molecule has 0 N–H and O–H groups in total. The zero-order valence-electron chi connectivity index (χ0n) is 31.9. The molecular weight excluding hydrogens is 733 g/mol. The molecule has 4 aromatic carbocycles. The van der Waals surface area contributed by atoms with Crippen LogP contribution in [0.15, 0.2) is 109 Å². The fourth-order valence-corrected chi connectivity index (χ4v) is 11.6. The first-order valence-corrected chi connectivity index (χ1v) is 21.4. The molecule has 2 atom stereocenters. The van der Waals surface area contributed by atoms with Gasteiger partial charge < -0.3 is 0 Å². The lowest BCUT2D eigenvalue weighted by Gasteiger charge is -2.43. The fourth-order valence-electron chi connectivity index (χ4n) is 9.01. The van der Waals surface area contributed by atoms with E-state index in [0.717, 1.165) is 119 Å². The van der Waals surface area contributed by atoms with Gasteiger partial charge in [-0.25, -0.2) is 9.97 Å². The lowest BCUT2D eigenvalue weighted by Crippen LogP contribution is -2.53. The van der Waals surface area contributed by atoms with Gasteiger partial charge in [-0.05, 0) is 49.2 Å². The van der Waals surface area contributed by atoms with Crippen molar-refractivity contribution in [1.29, 1.82) is 0 Å². The molecule has 2 saturated heterocycles. The lowest BCUT2D eigenvalue weighted by atomic mass is 9.96. The standard InChI is InChI=1S/C45H46N8OS2/c1-31-42(55-44-46-35-17-9-11-19-37(35)52(31)44)39(50-25-21-48(22-26-50)29-33-13-5-3-6-14-33)41(54)40(51-27-23-49(24-28-51)30-34-15-7-4-8-16-34)43-32(2)53-38-20-12-10-18-36(38)47-45(53)56-43/h3-20,39-40H,21-30H2,1-2H3. The molecule has 8 aromatic rings. The second-order valence-electron chi connectivity index (χ2n) is 15.3. The number of aromatic nitrogens is 4. The van der Waals surface area contributed by atoms with Crippen LogP contribution in [0.5, 0.6) is 0 Å². The van der Waals surface area contributed by atoms with Crippen molar-refractivity contribution in [2.24, 2.45) is 0 Å². The summed E-state index contributed by atoms with van der Waals surface area (Å²) in [5.41, 5.74) is 9.03. The molecule has 0 bridgehead atoms. The third kappa shape index (κ3) is 6.46. The van der Waals surface area contributed by atoms with Crippen LogP contribution >= 0.6 is 22.7 Å². The van der Waals surface area contributed by atoms with Gasteiger partial charge in [0.2, 0.25) is 0 Å². The quantitative estimate of drug-likeness (QED) is 0.139. The normalized spacial score (nSPS) is 17.8. The van der Waals surface area contributed by atoms with E-state index < -0.39 is 12.1 Å². The van der Waals surface area contributed by atoms with E-state index in [9.17, 15) is 0 Å². The van der Waals surface area contributed by atoms with Crippen LogP contribution in [-0.2, 0) is 17.9 Å².